The number of aliphatic hydroxyl groups is 4. The Labute approximate surface area is 307 Å². The first-order valence-electron chi connectivity index (χ1n) is 18.5. The fraction of sp³-hybridized carbons (Fsp3) is 0.800. The van der Waals surface area contributed by atoms with Gasteiger partial charge < -0.3 is 29.9 Å². The zero-order valence-corrected chi connectivity index (χ0v) is 32.7. The molecule has 0 spiro atoms. The third-order valence-electron chi connectivity index (χ3n) is 15.1. The van der Waals surface area contributed by atoms with Gasteiger partial charge in [0.2, 0.25) is 0 Å². The van der Waals surface area contributed by atoms with Crippen LogP contribution in [0, 0.1) is 50.2 Å². The molecule has 0 radical (unpaired) electrons. The summed E-state index contributed by atoms with van der Waals surface area (Å²) in [6.07, 6.45) is 8.71. The van der Waals surface area contributed by atoms with Crippen LogP contribution in [0.5, 0.6) is 0 Å². The van der Waals surface area contributed by atoms with Gasteiger partial charge in [0.1, 0.15) is 6.61 Å². The van der Waals surface area contributed by atoms with E-state index in [1.807, 2.05) is 24.0 Å². The molecule has 5 rings (SSSR count). The second kappa shape index (κ2) is 13.9. The van der Waals surface area contributed by atoms with Crippen LogP contribution in [-0.4, -0.2) is 70.0 Å². The molecule has 0 bridgehead atoms. The lowest BCUT2D eigenvalue weighted by molar-refractivity contribution is -0.261. The second-order valence-corrected chi connectivity index (χ2v) is 18.6. The van der Waals surface area contributed by atoms with Crippen molar-refractivity contribution in [1.29, 1.82) is 0 Å². The third-order valence-corrected chi connectivity index (χ3v) is 15.6. The number of ether oxygens (including phenoxy) is 2. The molecular weight excluding hydrogens is 735 g/mol. The molecule has 5 aliphatic rings. The van der Waals surface area contributed by atoms with E-state index in [0.29, 0.717) is 32.1 Å². The lowest BCUT2D eigenvalue weighted by Gasteiger charge is -2.72. The minimum Gasteiger partial charge on any atom is -0.465 e. The maximum atomic E-state index is 12.9. The Bertz CT molecular complexity index is 1340. The number of rotatable bonds is 10. The van der Waals surface area contributed by atoms with E-state index in [0.717, 1.165) is 25.7 Å². The molecule has 4 saturated carbocycles. The Morgan fingerprint density at radius 1 is 0.878 bits per heavy atom. The Morgan fingerprint density at radius 2 is 1.53 bits per heavy atom. The summed E-state index contributed by atoms with van der Waals surface area (Å²) in [6, 6.07) is 0. The Kier molecular flexibility index (Phi) is 11.1. The number of esters is 2. The molecule has 0 saturated heterocycles. The van der Waals surface area contributed by atoms with Gasteiger partial charge in [-0.15, -0.1) is 6.58 Å². The fourth-order valence-corrected chi connectivity index (χ4v) is 12.3. The predicted molar refractivity (Wildman–Crippen MR) is 197 cm³/mol. The Hall–Kier alpha value is -1.27. The van der Waals surface area contributed by atoms with Gasteiger partial charge in [0.05, 0.1) is 36.4 Å². The summed E-state index contributed by atoms with van der Waals surface area (Å²) in [5, 5.41) is 47.2. The van der Waals surface area contributed by atoms with Crippen LogP contribution < -0.4 is 0 Å². The van der Waals surface area contributed by atoms with Gasteiger partial charge in [-0.05, 0) is 101 Å². The van der Waals surface area contributed by atoms with Gasteiger partial charge in [-0.25, -0.2) is 0 Å². The number of fused-ring (bicyclic) bond motifs is 7. The second-order valence-electron chi connectivity index (χ2n) is 17.9. The summed E-state index contributed by atoms with van der Waals surface area (Å²) < 4.78 is 13.6. The molecule has 8 nitrogen and oxygen atoms in total. The van der Waals surface area contributed by atoms with Crippen molar-refractivity contribution in [3.63, 3.8) is 0 Å². The monoisotopic (exact) mass is 796 g/mol. The average Bonchev–Trinajstić information content (AvgIpc) is 3.04. The van der Waals surface area contributed by atoms with Crippen LogP contribution in [0.4, 0.5) is 0 Å². The lowest BCUT2D eigenvalue weighted by Crippen LogP contribution is -2.72. The summed E-state index contributed by atoms with van der Waals surface area (Å²) in [6.45, 7) is 16.9. The van der Waals surface area contributed by atoms with Crippen LogP contribution >= 0.6 is 22.6 Å². The molecule has 0 aromatic rings. The van der Waals surface area contributed by atoms with Gasteiger partial charge in [0, 0.05) is 18.3 Å². The van der Waals surface area contributed by atoms with E-state index in [9.17, 15) is 30.0 Å². The summed E-state index contributed by atoms with van der Waals surface area (Å²) in [5.41, 5.74) is -1.94. The molecule has 12 atom stereocenters. The molecule has 0 aliphatic heterocycles. The van der Waals surface area contributed by atoms with Crippen molar-refractivity contribution in [3.8, 4) is 0 Å². The van der Waals surface area contributed by atoms with Crippen LogP contribution in [0.25, 0.3) is 0 Å². The van der Waals surface area contributed by atoms with Crippen LogP contribution in [-0.2, 0) is 19.1 Å². The topological polar surface area (TPSA) is 134 Å². The summed E-state index contributed by atoms with van der Waals surface area (Å²) in [7, 11) is 0. The van der Waals surface area contributed by atoms with Crippen LogP contribution in [0.1, 0.15) is 112 Å². The van der Waals surface area contributed by atoms with Crippen LogP contribution in [0.15, 0.2) is 34.5 Å². The van der Waals surface area contributed by atoms with E-state index in [4.69, 9.17) is 9.47 Å². The molecule has 49 heavy (non-hydrogen) atoms. The highest BCUT2D eigenvalue weighted by Crippen LogP contribution is 2.75. The number of carbonyl (C=O) groups is 2. The molecule has 0 heterocycles. The number of hydrogen-bond donors (Lipinski definition) is 4. The van der Waals surface area contributed by atoms with Gasteiger partial charge in [-0.2, -0.15) is 0 Å². The normalized spacial score (nSPS) is 45.6. The molecule has 4 fully saturated rings. The van der Waals surface area contributed by atoms with Gasteiger partial charge in [-0.1, -0.05) is 87.9 Å². The minimum absolute atomic E-state index is 0.136. The van der Waals surface area contributed by atoms with Crippen molar-refractivity contribution >= 4 is 34.5 Å². The van der Waals surface area contributed by atoms with E-state index in [-0.39, 0.29) is 66.6 Å². The molecule has 5 aliphatic carbocycles. The average molecular weight is 797 g/mol. The Morgan fingerprint density at radius 3 is 2.18 bits per heavy atom. The van der Waals surface area contributed by atoms with Crippen molar-refractivity contribution < 1.29 is 39.5 Å². The highest BCUT2D eigenvalue weighted by atomic mass is 127. The molecule has 3 unspecified atom stereocenters. The molecule has 276 valence electrons. The van der Waals surface area contributed by atoms with E-state index in [1.54, 1.807) is 6.08 Å². The number of carbonyl (C=O) groups excluding carboxylic acids is 2. The van der Waals surface area contributed by atoms with Crippen molar-refractivity contribution in [2.45, 2.75) is 137 Å². The highest BCUT2D eigenvalue weighted by molar-refractivity contribution is 14.1. The van der Waals surface area contributed by atoms with Gasteiger partial charge in [-0.3, -0.25) is 9.59 Å². The SMILES string of the molecule is C=CCCC(=O)OC[C@]1(C)C2CC[C@]3(C)C(CC=C4C5CC(C)(C)[C@@H](O)[C@H](O)[C@]5(COC(=O)CC/C=C/I)[C@H](O)C[C@]43C)[C@@]2(C)CC[C@@H]1O. The number of aliphatic hydroxyl groups excluding tert-OH is 4. The molecule has 4 N–H and O–H groups in total. The number of hydrogen-bond acceptors (Lipinski definition) is 8. The summed E-state index contributed by atoms with van der Waals surface area (Å²) in [4.78, 5) is 25.4. The fourth-order valence-electron chi connectivity index (χ4n) is 11.9. The third kappa shape index (κ3) is 6.11. The maximum absolute atomic E-state index is 12.9. The van der Waals surface area contributed by atoms with Gasteiger partial charge in [0.25, 0.3) is 0 Å². The van der Waals surface area contributed by atoms with Crippen molar-refractivity contribution in [3.05, 3.63) is 34.5 Å². The number of halogens is 1. The molecule has 0 aromatic heterocycles. The van der Waals surface area contributed by atoms with E-state index < -0.39 is 46.1 Å². The molecule has 0 aromatic carbocycles. The van der Waals surface area contributed by atoms with Gasteiger partial charge in [0.15, 0.2) is 0 Å². The molecular formula is C40H61IO8. The zero-order chi connectivity index (χ0) is 36.2. The zero-order valence-electron chi connectivity index (χ0n) is 30.6. The summed E-state index contributed by atoms with van der Waals surface area (Å²) in [5.74, 6) is -0.518. The van der Waals surface area contributed by atoms with Crippen molar-refractivity contribution in [1.82, 2.24) is 0 Å². The highest BCUT2D eigenvalue weighted by Gasteiger charge is 2.72. The van der Waals surface area contributed by atoms with Crippen molar-refractivity contribution in [2.75, 3.05) is 13.2 Å². The minimum atomic E-state index is -1.27. The largest absolute Gasteiger partial charge is 0.465 e. The maximum Gasteiger partial charge on any atom is 0.306 e. The summed E-state index contributed by atoms with van der Waals surface area (Å²) >= 11 is 2.12. The first-order valence-corrected chi connectivity index (χ1v) is 19.7. The first-order chi connectivity index (χ1) is 22.9. The quantitative estimate of drug-likeness (QED) is 0.108. The Balaban J connectivity index is 1.51. The molecule has 9 heteroatoms. The van der Waals surface area contributed by atoms with Crippen LogP contribution in [0.3, 0.4) is 0 Å². The molecule has 0 amide bonds. The van der Waals surface area contributed by atoms with Gasteiger partial charge >= 0.3 is 11.9 Å². The van der Waals surface area contributed by atoms with E-state index in [2.05, 4.69) is 62.9 Å². The lowest BCUT2D eigenvalue weighted by atomic mass is 9.33. The standard InChI is InChI=1S/C40H61IO8/c1-8-9-12-31(44)48-23-37(5)27-16-19-38(6)28(36(27,4)18-17-29(37)42)15-14-25-26-21-35(2,3)33(46)34(47)40(26,30(43)22-39(25,38)7)24-49-32(45)13-10-11-20-41/h8,11,14,20,26-30,33-34,42-43,46-47H,1,9-10,12-13,15-19,21-24H2,2-7H3/b20-11+/t26?,27?,28?,29-,30+,33-,34-,36-,37+,38+,39+,40-/m0/s1. The predicted octanol–water partition coefficient (Wildman–Crippen LogP) is 6.82. The van der Waals surface area contributed by atoms with Crippen molar-refractivity contribution in [2.24, 2.45) is 50.2 Å². The number of allylic oxidation sites excluding steroid dienone is 4. The van der Waals surface area contributed by atoms with E-state index in [1.165, 1.54) is 5.57 Å². The first kappa shape index (κ1) is 38.9. The van der Waals surface area contributed by atoms with E-state index >= 15 is 0 Å². The van der Waals surface area contributed by atoms with Crippen LogP contribution in [0.2, 0.25) is 0 Å². The smallest absolute Gasteiger partial charge is 0.306 e.